The number of hydrogen-bond acceptors (Lipinski definition) is 6. The summed E-state index contributed by atoms with van der Waals surface area (Å²) in [5.41, 5.74) is 2.54. The van der Waals surface area contributed by atoms with Gasteiger partial charge in [-0.25, -0.2) is 4.79 Å². The molecule has 0 saturated carbocycles. The quantitative estimate of drug-likeness (QED) is 0.447. The second kappa shape index (κ2) is 9.21. The number of benzene rings is 2. The molecule has 0 bridgehead atoms. The number of oxazole rings is 1. The molecule has 2 N–H and O–H groups in total. The van der Waals surface area contributed by atoms with Gasteiger partial charge in [0.2, 0.25) is 0 Å². The van der Waals surface area contributed by atoms with Crippen LogP contribution in [0.15, 0.2) is 69.2 Å². The molecule has 0 aliphatic rings. The van der Waals surface area contributed by atoms with Gasteiger partial charge < -0.3 is 20.0 Å². The maximum absolute atomic E-state index is 12.8. The van der Waals surface area contributed by atoms with Gasteiger partial charge in [0.15, 0.2) is 5.58 Å². The third-order valence-electron chi connectivity index (χ3n) is 4.82. The molecular formula is C23H22N4O4S. The Morgan fingerprint density at radius 3 is 2.53 bits per heavy atom. The number of thiophene rings is 1. The van der Waals surface area contributed by atoms with Crippen molar-refractivity contribution in [1.29, 1.82) is 0 Å². The summed E-state index contributed by atoms with van der Waals surface area (Å²) in [6.45, 7) is 1.15. The van der Waals surface area contributed by atoms with Crippen LogP contribution in [-0.2, 0) is 6.54 Å². The van der Waals surface area contributed by atoms with Crippen LogP contribution in [0.25, 0.3) is 11.1 Å². The van der Waals surface area contributed by atoms with Gasteiger partial charge in [0.25, 0.3) is 11.8 Å². The van der Waals surface area contributed by atoms with Gasteiger partial charge in [-0.05, 0) is 61.9 Å². The number of fused-ring (bicyclic) bond motifs is 1. The summed E-state index contributed by atoms with van der Waals surface area (Å²) in [4.78, 5) is 39.8. The number of anilines is 2. The van der Waals surface area contributed by atoms with E-state index in [1.165, 1.54) is 11.3 Å². The molecule has 4 aromatic rings. The summed E-state index contributed by atoms with van der Waals surface area (Å²) in [5.74, 6) is -0.986. The lowest BCUT2D eigenvalue weighted by atomic mass is 10.1. The molecule has 0 atom stereocenters. The first-order valence-corrected chi connectivity index (χ1v) is 10.8. The van der Waals surface area contributed by atoms with E-state index in [2.05, 4.69) is 10.6 Å². The maximum Gasteiger partial charge on any atom is 0.419 e. The van der Waals surface area contributed by atoms with Crippen molar-refractivity contribution < 1.29 is 14.0 Å². The van der Waals surface area contributed by atoms with Crippen LogP contribution in [0.4, 0.5) is 11.4 Å². The molecule has 0 fully saturated rings. The Morgan fingerprint density at radius 2 is 1.78 bits per heavy atom. The average molecular weight is 451 g/mol. The van der Waals surface area contributed by atoms with Crippen LogP contribution >= 0.6 is 11.3 Å². The molecule has 0 aliphatic carbocycles. The largest absolute Gasteiger partial charge is 0.419 e. The molecule has 0 radical (unpaired) electrons. The van der Waals surface area contributed by atoms with Gasteiger partial charge in [-0.1, -0.05) is 12.1 Å². The molecule has 32 heavy (non-hydrogen) atoms. The minimum atomic E-state index is -0.431. The highest BCUT2D eigenvalue weighted by atomic mass is 32.1. The summed E-state index contributed by atoms with van der Waals surface area (Å²) in [6.07, 6.45) is 0. The number of aromatic nitrogens is 1. The monoisotopic (exact) mass is 450 g/mol. The summed E-state index contributed by atoms with van der Waals surface area (Å²) in [5, 5.41) is 7.47. The highest BCUT2D eigenvalue weighted by Gasteiger charge is 2.13. The van der Waals surface area contributed by atoms with Crippen molar-refractivity contribution in [3.05, 3.63) is 81.0 Å². The highest BCUT2D eigenvalue weighted by Crippen LogP contribution is 2.20. The molecule has 8 nitrogen and oxygen atoms in total. The number of carbonyl (C=O) groups excluding carboxylic acids is 2. The van der Waals surface area contributed by atoms with Crippen molar-refractivity contribution in [2.75, 3.05) is 31.3 Å². The Hall–Kier alpha value is -3.69. The lowest BCUT2D eigenvalue weighted by Crippen LogP contribution is -2.23. The fourth-order valence-electron chi connectivity index (χ4n) is 3.19. The van der Waals surface area contributed by atoms with Crippen molar-refractivity contribution in [3.8, 4) is 0 Å². The van der Waals surface area contributed by atoms with Crippen LogP contribution in [0.2, 0.25) is 0 Å². The first-order chi connectivity index (χ1) is 15.4. The fraction of sp³-hybridized carbons (Fsp3) is 0.174. The second-order valence-corrected chi connectivity index (χ2v) is 8.42. The average Bonchev–Trinajstić information content (AvgIpc) is 3.40. The molecule has 2 aromatic heterocycles. The number of rotatable bonds is 7. The lowest BCUT2D eigenvalue weighted by Gasteiger charge is -2.10. The van der Waals surface area contributed by atoms with Crippen LogP contribution in [-0.4, -0.2) is 41.9 Å². The third kappa shape index (κ3) is 4.79. The Labute approximate surface area is 188 Å². The topological polar surface area (TPSA) is 96.6 Å². The molecule has 2 amide bonds. The standard InChI is InChI=1S/C23H22N4O4S/c1-26(2)10-11-27-18-14-17(8-9-19(18)31-23(27)30)24-21(28)15-5-3-6-16(13-15)25-22(29)20-7-4-12-32-20/h3-9,12-14H,10-11H2,1-2H3,(H,24,28)(H,25,29). The van der Waals surface area contributed by atoms with E-state index in [1.807, 2.05) is 24.4 Å². The molecule has 0 unspecified atom stereocenters. The van der Waals surface area contributed by atoms with E-state index >= 15 is 0 Å². The molecular weight excluding hydrogens is 428 g/mol. The summed E-state index contributed by atoms with van der Waals surface area (Å²) >= 11 is 1.35. The van der Waals surface area contributed by atoms with Crippen molar-refractivity contribution >= 4 is 45.6 Å². The summed E-state index contributed by atoms with van der Waals surface area (Å²) < 4.78 is 6.84. The van der Waals surface area contributed by atoms with Crippen LogP contribution in [0.5, 0.6) is 0 Å². The third-order valence-corrected chi connectivity index (χ3v) is 5.69. The SMILES string of the molecule is CN(C)CCn1c(=O)oc2ccc(NC(=O)c3cccc(NC(=O)c4cccs4)c3)cc21. The van der Waals surface area contributed by atoms with Crippen LogP contribution in [0.1, 0.15) is 20.0 Å². The van der Waals surface area contributed by atoms with Gasteiger partial charge in [0, 0.05) is 30.0 Å². The number of carbonyl (C=O) groups is 2. The molecule has 4 rings (SSSR count). The van der Waals surface area contributed by atoms with Crippen LogP contribution in [0.3, 0.4) is 0 Å². The highest BCUT2D eigenvalue weighted by molar-refractivity contribution is 7.12. The second-order valence-electron chi connectivity index (χ2n) is 7.47. The smallest absolute Gasteiger partial charge is 0.408 e. The van der Waals surface area contributed by atoms with E-state index in [4.69, 9.17) is 4.42 Å². The Balaban J connectivity index is 1.51. The Morgan fingerprint density at radius 1 is 1.00 bits per heavy atom. The number of hydrogen-bond donors (Lipinski definition) is 2. The maximum atomic E-state index is 12.8. The zero-order chi connectivity index (χ0) is 22.7. The van der Waals surface area contributed by atoms with Crippen molar-refractivity contribution in [2.24, 2.45) is 0 Å². The number of nitrogens with zero attached hydrogens (tertiary/aromatic N) is 2. The van der Waals surface area contributed by atoms with Gasteiger partial charge in [-0.3, -0.25) is 14.2 Å². The molecule has 0 saturated heterocycles. The molecule has 0 aliphatic heterocycles. The van der Waals surface area contributed by atoms with Gasteiger partial charge in [-0.15, -0.1) is 11.3 Å². The minimum Gasteiger partial charge on any atom is -0.408 e. The van der Waals surface area contributed by atoms with Gasteiger partial charge >= 0.3 is 5.76 Å². The van der Waals surface area contributed by atoms with E-state index in [-0.39, 0.29) is 11.8 Å². The summed E-state index contributed by atoms with van der Waals surface area (Å²) in [6, 6.07) is 15.3. The molecule has 9 heteroatoms. The van der Waals surface area contributed by atoms with E-state index in [9.17, 15) is 14.4 Å². The molecule has 0 spiro atoms. The fourth-order valence-corrected chi connectivity index (χ4v) is 3.81. The van der Waals surface area contributed by atoms with E-state index in [0.29, 0.717) is 46.0 Å². The van der Waals surface area contributed by atoms with Crippen molar-refractivity contribution in [3.63, 3.8) is 0 Å². The Kier molecular flexibility index (Phi) is 6.20. The van der Waals surface area contributed by atoms with E-state index in [0.717, 1.165) is 0 Å². The lowest BCUT2D eigenvalue weighted by molar-refractivity contribution is 0.101. The predicted molar refractivity (Wildman–Crippen MR) is 126 cm³/mol. The van der Waals surface area contributed by atoms with Gasteiger partial charge in [0.1, 0.15) is 0 Å². The van der Waals surface area contributed by atoms with Crippen molar-refractivity contribution in [2.45, 2.75) is 6.54 Å². The predicted octanol–water partition coefficient (Wildman–Crippen LogP) is 3.72. The zero-order valence-electron chi connectivity index (χ0n) is 17.6. The van der Waals surface area contributed by atoms with Crippen LogP contribution < -0.4 is 16.4 Å². The normalized spacial score (nSPS) is 11.1. The zero-order valence-corrected chi connectivity index (χ0v) is 18.4. The first-order valence-electron chi connectivity index (χ1n) is 9.95. The molecule has 2 heterocycles. The van der Waals surface area contributed by atoms with Crippen molar-refractivity contribution in [1.82, 2.24) is 9.47 Å². The molecule has 164 valence electrons. The van der Waals surface area contributed by atoms with E-state index in [1.54, 1.807) is 59.2 Å². The number of amides is 2. The molecule has 2 aromatic carbocycles. The number of likely N-dealkylation sites (N-methyl/N-ethyl adjacent to an activating group) is 1. The first kappa shape index (κ1) is 21.5. The van der Waals surface area contributed by atoms with Crippen LogP contribution in [0, 0.1) is 0 Å². The number of nitrogens with one attached hydrogen (secondary N) is 2. The Bertz CT molecular complexity index is 1320. The minimum absolute atomic E-state index is 0.223. The van der Waals surface area contributed by atoms with E-state index < -0.39 is 5.76 Å². The summed E-state index contributed by atoms with van der Waals surface area (Å²) in [7, 11) is 3.85. The van der Waals surface area contributed by atoms with Gasteiger partial charge in [0.05, 0.1) is 10.4 Å². The van der Waals surface area contributed by atoms with Gasteiger partial charge in [-0.2, -0.15) is 0 Å².